The Labute approximate surface area is 113 Å². The fraction of sp³-hybridized carbons (Fsp3) is 0.733. The van der Waals surface area contributed by atoms with E-state index in [0.29, 0.717) is 18.5 Å². The molecule has 2 bridgehead atoms. The minimum absolute atomic E-state index is 0.0349. The molecule has 2 aliphatic carbocycles. The van der Waals surface area contributed by atoms with Crippen molar-refractivity contribution < 1.29 is 9.59 Å². The van der Waals surface area contributed by atoms with Crippen molar-refractivity contribution in [3.63, 3.8) is 0 Å². The first kappa shape index (κ1) is 11.6. The van der Waals surface area contributed by atoms with Gasteiger partial charge in [-0.15, -0.1) is 0 Å². The molecule has 102 valence electrons. The maximum Gasteiger partial charge on any atom is 0.234 e. The standard InChI is InChI=1S/C15H20N2O2/c18-14-12-10-4-5-11(8-10)13(12)15(19)17(14)9-16-6-2-1-3-7-16/h4-5,10-13H,1-3,6-9H2/t10-,11-,12-,13+/m0/s1. The monoisotopic (exact) mass is 260 g/mol. The van der Waals surface area contributed by atoms with Crippen LogP contribution < -0.4 is 0 Å². The number of rotatable bonds is 2. The molecule has 4 aliphatic rings. The molecule has 3 fully saturated rings. The molecule has 2 aliphatic heterocycles. The van der Waals surface area contributed by atoms with E-state index >= 15 is 0 Å². The molecular weight excluding hydrogens is 240 g/mol. The third kappa shape index (κ3) is 1.62. The number of hydrogen-bond acceptors (Lipinski definition) is 3. The van der Waals surface area contributed by atoms with E-state index in [4.69, 9.17) is 0 Å². The molecule has 4 atom stereocenters. The Morgan fingerprint density at radius 3 is 2.11 bits per heavy atom. The minimum Gasteiger partial charge on any atom is -0.286 e. The highest BCUT2D eigenvalue weighted by Gasteiger charge is 2.59. The highest BCUT2D eigenvalue weighted by Crippen LogP contribution is 2.52. The first-order valence-electron chi connectivity index (χ1n) is 7.51. The highest BCUT2D eigenvalue weighted by atomic mass is 16.2. The van der Waals surface area contributed by atoms with Gasteiger partial charge in [-0.1, -0.05) is 18.6 Å². The molecule has 4 heteroatoms. The quantitative estimate of drug-likeness (QED) is 0.554. The van der Waals surface area contributed by atoms with Gasteiger partial charge in [-0.05, 0) is 44.2 Å². The first-order valence-corrected chi connectivity index (χ1v) is 7.51. The van der Waals surface area contributed by atoms with Gasteiger partial charge in [-0.3, -0.25) is 19.4 Å². The lowest BCUT2D eigenvalue weighted by atomic mass is 9.85. The number of fused-ring (bicyclic) bond motifs is 5. The molecule has 1 saturated carbocycles. The van der Waals surface area contributed by atoms with E-state index in [1.807, 2.05) is 0 Å². The van der Waals surface area contributed by atoms with Crippen molar-refractivity contribution in [3.05, 3.63) is 12.2 Å². The van der Waals surface area contributed by atoms with Crippen molar-refractivity contribution in [1.82, 2.24) is 9.80 Å². The average molecular weight is 260 g/mol. The summed E-state index contributed by atoms with van der Waals surface area (Å²) in [4.78, 5) is 28.8. The summed E-state index contributed by atoms with van der Waals surface area (Å²) >= 11 is 0. The number of likely N-dealkylation sites (tertiary alicyclic amines) is 2. The summed E-state index contributed by atoms with van der Waals surface area (Å²) in [6, 6.07) is 0. The van der Waals surface area contributed by atoms with Crippen LogP contribution in [0.5, 0.6) is 0 Å². The van der Waals surface area contributed by atoms with Gasteiger partial charge in [0.15, 0.2) is 0 Å². The maximum absolute atomic E-state index is 12.5. The zero-order chi connectivity index (χ0) is 13.0. The molecule has 0 aromatic rings. The Hall–Kier alpha value is -1.16. The molecule has 2 amide bonds. The molecular formula is C15H20N2O2. The van der Waals surface area contributed by atoms with Gasteiger partial charge in [0.25, 0.3) is 0 Å². The number of amides is 2. The summed E-state index contributed by atoms with van der Waals surface area (Å²) in [7, 11) is 0. The van der Waals surface area contributed by atoms with Gasteiger partial charge in [0.05, 0.1) is 18.5 Å². The number of allylic oxidation sites excluding steroid dienone is 2. The summed E-state index contributed by atoms with van der Waals surface area (Å²) in [5.41, 5.74) is 0. The van der Waals surface area contributed by atoms with Crippen molar-refractivity contribution in [2.24, 2.45) is 23.7 Å². The smallest absolute Gasteiger partial charge is 0.234 e. The maximum atomic E-state index is 12.5. The van der Waals surface area contributed by atoms with E-state index in [1.165, 1.54) is 19.3 Å². The van der Waals surface area contributed by atoms with Crippen molar-refractivity contribution in [1.29, 1.82) is 0 Å². The molecule has 4 rings (SSSR count). The highest BCUT2D eigenvalue weighted by molar-refractivity contribution is 6.06. The molecule has 0 spiro atoms. The van der Waals surface area contributed by atoms with Crippen LogP contribution in [0.3, 0.4) is 0 Å². The lowest BCUT2D eigenvalue weighted by Crippen LogP contribution is -2.44. The van der Waals surface area contributed by atoms with Crippen LogP contribution in [0.4, 0.5) is 0 Å². The van der Waals surface area contributed by atoms with E-state index in [2.05, 4.69) is 17.1 Å². The molecule has 4 nitrogen and oxygen atoms in total. The predicted molar refractivity (Wildman–Crippen MR) is 69.9 cm³/mol. The fourth-order valence-corrected chi connectivity index (χ4v) is 4.40. The van der Waals surface area contributed by atoms with E-state index in [1.54, 1.807) is 4.90 Å². The zero-order valence-corrected chi connectivity index (χ0v) is 11.1. The molecule has 0 unspecified atom stereocenters. The number of nitrogens with zero attached hydrogens (tertiary/aromatic N) is 2. The number of carbonyl (C=O) groups is 2. The molecule has 0 aromatic carbocycles. The van der Waals surface area contributed by atoms with Gasteiger partial charge < -0.3 is 0 Å². The lowest BCUT2D eigenvalue weighted by molar-refractivity contribution is -0.143. The van der Waals surface area contributed by atoms with Gasteiger partial charge in [0.2, 0.25) is 11.8 Å². The first-order chi connectivity index (χ1) is 9.25. The summed E-state index contributed by atoms with van der Waals surface area (Å²) < 4.78 is 0. The summed E-state index contributed by atoms with van der Waals surface area (Å²) in [6.45, 7) is 2.58. The lowest BCUT2D eigenvalue weighted by Gasteiger charge is -2.30. The summed E-state index contributed by atoms with van der Waals surface area (Å²) in [5.74, 6) is 0.782. The summed E-state index contributed by atoms with van der Waals surface area (Å²) in [5, 5.41) is 0. The Balaban J connectivity index is 1.52. The Bertz CT molecular complexity index is 423. The second kappa shape index (κ2) is 4.17. The van der Waals surface area contributed by atoms with Crippen LogP contribution >= 0.6 is 0 Å². The number of carbonyl (C=O) groups excluding carboxylic acids is 2. The predicted octanol–water partition coefficient (Wildman–Crippen LogP) is 1.24. The van der Waals surface area contributed by atoms with Gasteiger partial charge in [0.1, 0.15) is 0 Å². The Kier molecular flexibility index (Phi) is 2.56. The Morgan fingerprint density at radius 2 is 1.53 bits per heavy atom. The SMILES string of the molecule is O=C1[C@@H]2[C@H](C(=O)N1CN1CCCCC1)[C@H]1C=C[C@H]2C1. The minimum atomic E-state index is -0.0349. The summed E-state index contributed by atoms with van der Waals surface area (Å²) in [6.07, 6.45) is 8.98. The van der Waals surface area contributed by atoms with Crippen LogP contribution in [0.15, 0.2) is 12.2 Å². The molecule has 2 saturated heterocycles. The zero-order valence-electron chi connectivity index (χ0n) is 11.1. The molecule has 0 N–H and O–H groups in total. The van der Waals surface area contributed by atoms with E-state index in [0.717, 1.165) is 19.5 Å². The van der Waals surface area contributed by atoms with Crippen LogP contribution in [-0.4, -0.2) is 41.4 Å². The number of piperidine rings is 1. The second-order valence-electron chi connectivity index (χ2n) is 6.42. The van der Waals surface area contributed by atoms with Crippen LogP contribution in [0.1, 0.15) is 25.7 Å². The van der Waals surface area contributed by atoms with E-state index < -0.39 is 0 Å². The molecule has 0 radical (unpaired) electrons. The molecule has 0 aromatic heterocycles. The van der Waals surface area contributed by atoms with Crippen molar-refractivity contribution in [2.45, 2.75) is 25.7 Å². The van der Waals surface area contributed by atoms with Gasteiger partial charge in [0, 0.05) is 0 Å². The fourth-order valence-electron chi connectivity index (χ4n) is 4.40. The third-order valence-electron chi connectivity index (χ3n) is 5.35. The topological polar surface area (TPSA) is 40.6 Å². The molecule has 2 heterocycles. The second-order valence-corrected chi connectivity index (χ2v) is 6.42. The van der Waals surface area contributed by atoms with Crippen molar-refractivity contribution in [2.75, 3.05) is 19.8 Å². The van der Waals surface area contributed by atoms with E-state index in [-0.39, 0.29) is 23.7 Å². The Morgan fingerprint density at radius 1 is 0.947 bits per heavy atom. The number of imide groups is 1. The third-order valence-corrected chi connectivity index (χ3v) is 5.35. The van der Waals surface area contributed by atoms with Gasteiger partial charge >= 0.3 is 0 Å². The van der Waals surface area contributed by atoms with Crippen LogP contribution in [-0.2, 0) is 9.59 Å². The van der Waals surface area contributed by atoms with Crippen molar-refractivity contribution in [3.8, 4) is 0 Å². The number of hydrogen-bond donors (Lipinski definition) is 0. The van der Waals surface area contributed by atoms with Crippen LogP contribution in [0.2, 0.25) is 0 Å². The normalized spacial score (nSPS) is 41.4. The average Bonchev–Trinajstić information content (AvgIpc) is 3.10. The van der Waals surface area contributed by atoms with Gasteiger partial charge in [-0.2, -0.15) is 0 Å². The molecule has 19 heavy (non-hydrogen) atoms. The van der Waals surface area contributed by atoms with Crippen LogP contribution in [0, 0.1) is 23.7 Å². The van der Waals surface area contributed by atoms with E-state index in [9.17, 15) is 9.59 Å². The van der Waals surface area contributed by atoms with Crippen molar-refractivity contribution >= 4 is 11.8 Å². The van der Waals surface area contributed by atoms with Crippen LogP contribution in [0.25, 0.3) is 0 Å². The largest absolute Gasteiger partial charge is 0.286 e. The van der Waals surface area contributed by atoms with Gasteiger partial charge in [-0.25, -0.2) is 0 Å².